The predicted molar refractivity (Wildman–Crippen MR) is 67.4 cm³/mol. The van der Waals surface area contributed by atoms with Crippen molar-refractivity contribution >= 4 is 17.7 Å². The minimum atomic E-state index is -0.362. The molecule has 16 heavy (non-hydrogen) atoms. The van der Waals surface area contributed by atoms with Crippen LogP contribution < -0.4 is 4.84 Å². The molecular weight excluding hydrogens is 226 g/mol. The lowest BCUT2D eigenvalue weighted by molar-refractivity contribution is -0.145. The van der Waals surface area contributed by atoms with Crippen molar-refractivity contribution < 1.29 is 9.53 Å². The molecule has 0 aromatic carbocycles. The van der Waals surface area contributed by atoms with E-state index in [1.54, 1.807) is 0 Å². The summed E-state index contributed by atoms with van der Waals surface area (Å²) in [6.45, 7) is 6.25. The number of hydrogen-bond donors (Lipinski definition) is 1. The smallest absolute Gasteiger partial charge is 0.305 e. The van der Waals surface area contributed by atoms with E-state index < -0.39 is 0 Å². The van der Waals surface area contributed by atoms with Crippen molar-refractivity contribution in [2.24, 2.45) is 0 Å². The Bertz CT molecular complexity index is 195. The average Bonchev–Trinajstić information content (AvgIpc) is 2.26. The van der Waals surface area contributed by atoms with Crippen LogP contribution in [0.5, 0.6) is 0 Å². The Kier molecular flexibility index (Phi) is 8.67. The van der Waals surface area contributed by atoms with Crippen molar-refractivity contribution in [3.63, 3.8) is 0 Å². The second-order valence-electron chi connectivity index (χ2n) is 4.80. The van der Waals surface area contributed by atoms with Gasteiger partial charge in [0.25, 0.3) is 0 Å². The average molecular weight is 250 g/mol. The standard InChI is InChI=1S/C12H24ClNO2/c1-4-5-6-7-8-9-11(15)16-10-12(2,3)14-13/h14H,4-10H2,1-3H3. The highest BCUT2D eigenvalue weighted by Crippen LogP contribution is 2.08. The predicted octanol–water partition coefficient (Wildman–Crippen LogP) is 3.41. The Hall–Kier alpha value is -0.280. The van der Waals surface area contributed by atoms with E-state index in [1.165, 1.54) is 19.3 Å². The van der Waals surface area contributed by atoms with Gasteiger partial charge in [0.05, 0.1) is 5.54 Å². The molecule has 1 N–H and O–H groups in total. The Balaban J connectivity index is 3.45. The lowest BCUT2D eigenvalue weighted by atomic mass is 10.1. The molecule has 0 atom stereocenters. The van der Waals surface area contributed by atoms with Crippen LogP contribution in [0.25, 0.3) is 0 Å². The minimum Gasteiger partial charge on any atom is -0.464 e. The Morgan fingerprint density at radius 1 is 1.25 bits per heavy atom. The molecule has 0 heterocycles. The molecule has 0 fully saturated rings. The number of hydrogen-bond acceptors (Lipinski definition) is 3. The minimum absolute atomic E-state index is 0.128. The first kappa shape index (κ1) is 15.7. The van der Waals surface area contributed by atoms with Crippen LogP contribution in [0.3, 0.4) is 0 Å². The summed E-state index contributed by atoms with van der Waals surface area (Å²) in [5, 5.41) is 0. The van der Waals surface area contributed by atoms with Crippen LogP contribution in [-0.2, 0) is 9.53 Å². The number of carbonyl (C=O) groups is 1. The fraction of sp³-hybridized carbons (Fsp3) is 0.917. The monoisotopic (exact) mass is 249 g/mol. The third-order valence-corrected chi connectivity index (χ3v) is 2.85. The third-order valence-electron chi connectivity index (χ3n) is 2.33. The maximum absolute atomic E-state index is 11.3. The van der Waals surface area contributed by atoms with E-state index in [1.807, 2.05) is 13.8 Å². The van der Waals surface area contributed by atoms with Gasteiger partial charge in [-0.2, -0.15) is 0 Å². The maximum atomic E-state index is 11.3. The van der Waals surface area contributed by atoms with Gasteiger partial charge >= 0.3 is 5.97 Å². The summed E-state index contributed by atoms with van der Waals surface area (Å²) < 4.78 is 5.12. The van der Waals surface area contributed by atoms with Gasteiger partial charge < -0.3 is 4.74 Å². The first-order chi connectivity index (χ1) is 7.52. The molecular formula is C12H24ClNO2. The lowest BCUT2D eigenvalue weighted by Gasteiger charge is -2.21. The first-order valence-electron chi connectivity index (χ1n) is 6.05. The van der Waals surface area contributed by atoms with Crippen molar-refractivity contribution in [3.05, 3.63) is 0 Å². The molecule has 0 amide bonds. The number of carbonyl (C=O) groups excluding carboxylic acids is 1. The van der Waals surface area contributed by atoms with E-state index in [0.29, 0.717) is 13.0 Å². The number of unbranched alkanes of at least 4 members (excludes halogenated alkanes) is 4. The van der Waals surface area contributed by atoms with Gasteiger partial charge in [-0.15, -0.1) is 0 Å². The lowest BCUT2D eigenvalue weighted by Crippen LogP contribution is -2.38. The van der Waals surface area contributed by atoms with Gasteiger partial charge in [-0.1, -0.05) is 32.6 Å². The van der Waals surface area contributed by atoms with E-state index in [0.717, 1.165) is 12.8 Å². The zero-order chi connectivity index (χ0) is 12.4. The number of esters is 1. The number of nitrogens with one attached hydrogen (secondary N) is 1. The summed E-state index contributed by atoms with van der Waals surface area (Å²) >= 11 is 5.50. The second-order valence-corrected chi connectivity index (χ2v) is 4.99. The van der Waals surface area contributed by atoms with E-state index in [-0.39, 0.29) is 11.5 Å². The first-order valence-corrected chi connectivity index (χ1v) is 6.43. The van der Waals surface area contributed by atoms with Gasteiger partial charge in [0.1, 0.15) is 6.61 Å². The van der Waals surface area contributed by atoms with Crippen molar-refractivity contribution in [2.75, 3.05) is 6.61 Å². The molecule has 0 aliphatic carbocycles. The highest BCUT2D eigenvalue weighted by molar-refractivity contribution is 6.13. The number of halogens is 1. The van der Waals surface area contributed by atoms with Crippen LogP contribution in [0.2, 0.25) is 0 Å². The molecule has 0 aliphatic rings. The van der Waals surface area contributed by atoms with Crippen LogP contribution in [0.15, 0.2) is 0 Å². The van der Waals surface area contributed by atoms with Crippen molar-refractivity contribution in [3.8, 4) is 0 Å². The zero-order valence-electron chi connectivity index (χ0n) is 10.6. The molecule has 0 aromatic heterocycles. The summed E-state index contributed by atoms with van der Waals surface area (Å²) in [7, 11) is 0. The number of rotatable bonds is 9. The normalized spacial score (nSPS) is 11.5. The summed E-state index contributed by atoms with van der Waals surface area (Å²) in [6.07, 6.45) is 6.23. The van der Waals surface area contributed by atoms with Gasteiger partial charge in [0.2, 0.25) is 0 Å². The van der Waals surface area contributed by atoms with E-state index in [4.69, 9.17) is 16.5 Å². The van der Waals surface area contributed by atoms with Crippen molar-refractivity contribution in [1.82, 2.24) is 4.84 Å². The topological polar surface area (TPSA) is 38.3 Å². The summed E-state index contributed by atoms with van der Waals surface area (Å²) in [6, 6.07) is 0. The largest absolute Gasteiger partial charge is 0.464 e. The van der Waals surface area contributed by atoms with Crippen LogP contribution in [0.4, 0.5) is 0 Å². The van der Waals surface area contributed by atoms with E-state index in [2.05, 4.69) is 11.8 Å². The fourth-order valence-electron chi connectivity index (χ4n) is 1.23. The third kappa shape index (κ3) is 8.98. The molecule has 0 aromatic rings. The molecule has 0 rings (SSSR count). The van der Waals surface area contributed by atoms with Crippen LogP contribution in [-0.4, -0.2) is 18.1 Å². The second kappa shape index (κ2) is 8.82. The fourth-order valence-corrected chi connectivity index (χ4v) is 1.29. The molecule has 3 nitrogen and oxygen atoms in total. The number of ether oxygens (including phenoxy) is 1. The quantitative estimate of drug-likeness (QED) is 0.387. The highest BCUT2D eigenvalue weighted by Gasteiger charge is 2.18. The Labute approximate surface area is 104 Å². The van der Waals surface area contributed by atoms with Crippen molar-refractivity contribution in [2.45, 2.75) is 64.8 Å². The van der Waals surface area contributed by atoms with E-state index in [9.17, 15) is 4.79 Å². The molecule has 0 saturated heterocycles. The van der Waals surface area contributed by atoms with Gasteiger partial charge in [-0.25, -0.2) is 4.84 Å². The van der Waals surface area contributed by atoms with Crippen molar-refractivity contribution in [1.29, 1.82) is 0 Å². The Morgan fingerprint density at radius 2 is 1.88 bits per heavy atom. The Morgan fingerprint density at radius 3 is 2.44 bits per heavy atom. The van der Waals surface area contributed by atoms with Gasteiger partial charge in [0, 0.05) is 6.42 Å². The molecule has 0 aliphatic heterocycles. The highest BCUT2D eigenvalue weighted by atomic mass is 35.5. The summed E-state index contributed by atoms with van der Waals surface area (Å²) in [5.41, 5.74) is -0.362. The molecule has 0 radical (unpaired) electrons. The van der Waals surface area contributed by atoms with Gasteiger partial charge in [0.15, 0.2) is 0 Å². The molecule has 96 valence electrons. The van der Waals surface area contributed by atoms with Crippen LogP contribution in [0, 0.1) is 0 Å². The van der Waals surface area contributed by atoms with Gasteiger partial charge in [-0.3, -0.25) is 4.79 Å². The van der Waals surface area contributed by atoms with E-state index >= 15 is 0 Å². The SMILES string of the molecule is CCCCCCCC(=O)OCC(C)(C)NCl. The molecule has 0 spiro atoms. The van der Waals surface area contributed by atoms with Crippen LogP contribution >= 0.6 is 11.8 Å². The molecule has 0 bridgehead atoms. The summed E-state index contributed by atoms with van der Waals surface area (Å²) in [5.74, 6) is -0.128. The molecule has 0 saturated carbocycles. The maximum Gasteiger partial charge on any atom is 0.305 e. The van der Waals surface area contributed by atoms with Crippen LogP contribution in [0.1, 0.15) is 59.3 Å². The summed E-state index contributed by atoms with van der Waals surface area (Å²) in [4.78, 5) is 13.9. The molecule has 0 unspecified atom stereocenters. The van der Waals surface area contributed by atoms with Gasteiger partial charge in [-0.05, 0) is 32.0 Å². The molecule has 4 heteroatoms. The zero-order valence-corrected chi connectivity index (χ0v) is 11.4.